The van der Waals surface area contributed by atoms with Crippen molar-refractivity contribution in [1.29, 1.82) is 0 Å². The average molecular weight is 224 g/mol. The van der Waals surface area contributed by atoms with Crippen LogP contribution in [0.3, 0.4) is 0 Å². The number of aromatic nitrogens is 1. The molecule has 0 radical (unpaired) electrons. The molecule has 1 amide bonds. The number of aryl methyl sites for hydroxylation is 1. The molecule has 3 rings (SSSR count). The van der Waals surface area contributed by atoms with Gasteiger partial charge in [0.05, 0.1) is 5.70 Å². The summed E-state index contributed by atoms with van der Waals surface area (Å²) in [6.45, 7) is 0. The van der Waals surface area contributed by atoms with Gasteiger partial charge in [0.25, 0.3) is 5.91 Å². The van der Waals surface area contributed by atoms with Crippen molar-refractivity contribution in [2.45, 2.75) is 0 Å². The molecule has 2 heterocycles. The minimum atomic E-state index is -0.0268. The summed E-state index contributed by atoms with van der Waals surface area (Å²) in [4.78, 5) is 11.7. The maximum Gasteiger partial charge on any atom is 0.256 e. The smallest absolute Gasteiger partial charge is 0.256 e. The third kappa shape index (κ3) is 1.56. The minimum Gasteiger partial charge on any atom is -0.351 e. The SMILES string of the molecule is Cn1cccc1/C=C1\NC(=O)c2ccccc21. The van der Waals surface area contributed by atoms with Crippen LogP contribution >= 0.6 is 0 Å². The van der Waals surface area contributed by atoms with E-state index in [9.17, 15) is 4.79 Å². The van der Waals surface area contributed by atoms with E-state index in [2.05, 4.69) is 5.32 Å². The van der Waals surface area contributed by atoms with Crippen LogP contribution in [-0.4, -0.2) is 10.5 Å². The number of benzene rings is 1. The Labute approximate surface area is 99.4 Å². The Morgan fingerprint density at radius 3 is 2.59 bits per heavy atom. The highest BCUT2D eigenvalue weighted by Crippen LogP contribution is 2.25. The lowest BCUT2D eigenvalue weighted by atomic mass is 10.1. The van der Waals surface area contributed by atoms with Gasteiger partial charge in [0.1, 0.15) is 0 Å². The molecular formula is C14H12N2O. The highest BCUT2D eigenvalue weighted by molar-refractivity contribution is 6.11. The van der Waals surface area contributed by atoms with E-state index in [0.717, 1.165) is 22.5 Å². The molecule has 0 atom stereocenters. The second-order valence-corrected chi connectivity index (χ2v) is 4.10. The third-order valence-electron chi connectivity index (χ3n) is 2.99. The maximum absolute atomic E-state index is 11.7. The van der Waals surface area contributed by atoms with Gasteiger partial charge in [0.2, 0.25) is 0 Å². The van der Waals surface area contributed by atoms with Crippen molar-refractivity contribution >= 4 is 17.7 Å². The standard InChI is InChI=1S/C14H12N2O/c1-16-8-4-5-10(16)9-13-11-6-2-3-7-12(11)14(17)15-13/h2-9H,1H3,(H,15,17)/b13-9-. The summed E-state index contributed by atoms with van der Waals surface area (Å²) in [5, 5.41) is 2.89. The quantitative estimate of drug-likeness (QED) is 0.792. The van der Waals surface area contributed by atoms with Crippen LogP contribution in [0, 0.1) is 0 Å². The van der Waals surface area contributed by atoms with E-state index in [0.29, 0.717) is 0 Å². The normalized spacial score (nSPS) is 16.1. The number of rotatable bonds is 1. The number of nitrogens with zero attached hydrogens (tertiary/aromatic N) is 1. The molecule has 17 heavy (non-hydrogen) atoms. The molecule has 1 aliphatic rings. The van der Waals surface area contributed by atoms with E-state index >= 15 is 0 Å². The number of hydrogen-bond acceptors (Lipinski definition) is 1. The molecule has 1 aromatic carbocycles. The number of fused-ring (bicyclic) bond motifs is 1. The maximum atomic E-state index is 11.7. The van der Waals surface area contributed by atoms with Gasteiger partial charge in [0.15, 0.2) is 0 Å². The zero-order chi connectivity index (χ0) is 11.8. The van der Waals surface area contributed by atoms with Crippen molar-refractivity contribution < 1.29 is 4.79 Å². The van der Waals surface area contributed by atoms with Gasteiger partial charge < -0.3 is 9.88 Å². The Morgan fingerprint density at radius 2 is 1.88 bits per heavy atom. The Kier molecular flexibility index (Phi) is 2.11. The molecule has 0 aliphatic carbocycles. The number of hydrogen-bond donors (Lipinski definition) is 1. The van der Waals surface area contributed by atoms with E-state index < -0.39 is 0 Å². The predicted molar refractivity (Wildman–Crippen MR) is 67.2 cm³/mol. The monoisotopic (exact) mass is 224 g/mol. The van der Waals surface area contributed by atoms with Crippen LogP contribution in [-0.2, 0) is 7.05 Å². The zero-order valence-electron chi connectivity index (χ0n) is 9.47. The fourth-order valence-corrected chi connectivity index (χ4v) is 2.06. The summed E-state index contributed by atoms with van der Waals surface area (Å²) in [6.07, 6.45) is 3.97. The first kappa shape index (κ1) is 9.90. The molecule has 3 nitrogen and oxygen atoms in total. The van der Waals surface area contributed by atoms with Crippen molar-refractivity contribution in [3.8, 4) is 0 Å². The summed E-state index contributed by atoms with van der Waals surface area (Å²) >= 11 is 0. The molecular weight excluding hydrogens is 212 g/mol. The van der Waals surface area contributed by atoms with Gasteiger partial charge in [-0.15, -0.1) is 0 Å². The lowest BCUT2D eigenvalue weighted by Gasteiger charge is -2.01. The molecule has 1 N–H and O–H groups in total. The summed E-state index contributed by atoms with van der Waals surface area (Å²) in [6, 6.07) is 11.6. The van der Waals surface area contributed by atoms with Gasteiger partial charge in [-0.1, -0.05) is 18.2 Å². The van der Waals surface area contributed by atoms with Crippen LogP contribution in [0.5, 0.6) is 0 Å². The summed E-state index contributed by atoms with van der Waals surface area (Å²) in [5.74, 6) is -0.0268. The van der Waals surface area contributed by atoms with Crippen molar-refractivity contribution in [2.24, 2.45) is 7.05 Å². The van der Waals surface area contributed by atoms with E-state index in [-0.39, 0.29) is 5.91 Å². The van der Waals surface area contributed by atoms with Crippen molar-refractivity contribution in [2.75, 3.05) is 0 Å². The highest BCUT2D eigenvalue weighted by Gasteiger charge is 2.22. The molecule has 84 valence electrons. The Balaban J connectivity index is 2.11. The van der Waals surface area contributed by atoms with Crippen LogP contribution in [0.25, 0.3) is 11.8 Å². The van der Waals surface area contributed by atoms with E-state index in [1.165, 1.54) is 0 Å². The average Bonchev–Trinajstić information content (AvgIpc) is 2.87. The number of carbonyl (C=O) groups excluding carboxylic acids is 1. The molecule has 2 aromatic rings. The van der Waals surface area contributed by atoms with Crippen molar-refractivity contribution in [3.63, 3.8) is 0 Å². The molecule has 0 saturated carbocycles. The Hall–Kier alpha value is -2.29. The van der Waals surface area contributed by atoms with Crippen molar-refractivity contribution in [1.82, 2.24) is 9.88 Å². The summed E-state index contributed by atoms with van der Waals surface area (Å²) in [7, 11) is 1.98. The highest BCUT2D eigenvalue weighted by atomic mass is 16.1. The van der Waals surface area contributed by atoms with Gasteiger partial charge in [-0.2, -0.15) is 0 Å². The van der Waals surface area contributed by atoms with Crippen molar-refractivity contribution in [3.05, 3.63) is 59.4 Å². The second-order valence-electron chi connectivity index (χ2n) is 4.10. The van der Waals surface area contributed by atoms with Gasteiger partial charge >= 0.3 is 0 Å². The fraction of sp³-hybridized carbons (Fsp3) is 0.0714. The van der Waals surface area contributed by atoms with Gasteiger partial charge in [-0.3, -0.25) is 4.79 Å². The minimum absolute atomic E-state index is 0.0268. The van der Waals surface area contributed by atoms with E-state index in [1.54, 1.807) is 0 Å². The largest absolute Gasteiger partial charge is 0.351 e. The van der Waals surface area contributed by atoms with Crippen LogP contribution in [0.1, 0.15) is 21.6 Å². The topological polar surface area (TPSA) is 34.0 Å². The molecule has 3 heteroatoms. The predicted octanol–water partition coefficient (Wildman–Crippen LogP) is 2.27. The van der Waals surface area contributed by atoms with Gasteiger partial charge in [-0.05, 0) is 24.3 Å². The molecule has 0 unspecified atom stereocenters. The first-order chi connectivity index (χ1) is 8.25. The lowest BCUT2D eigenvalue weighted by Crippen LogP contribution is -2.12. The molecule has 0 spiro atoms. The number of amides is 1. The lowest BCUT2D eigenvalue weighted by molar-refractivity contribution is 0.0981. The molecule has 1 aliphatic heterocycles. The van der Waals surface area contributed by atoms with Gasteiger partial charge in [0, 0.05) is 30.1 Å². The molecule has 0 saturated heterocycles. The second kappa shape index (κ2) is 3.63. The van der Waals surface area contributed by atoms with Crippen LogP contribution in [0.4, 0.5) is 0 Å². The summed E-state index contributed by atoms with van der Waals surface area (Å²) < 4.78 is 2.01. The first-order valence-electron chi connectivity index (χ1n) is 5.49. The molecule has 1 aromatic heterocycles. The zero-order valence-corrected chi connectivity index (χ0v) is 9.47. The summed E-state index contributed by atoms with van der Waals surface area (Å²) in [5.41, 5.74) is 3.65. The number of nitrogens with one attached hydrogen (secondary N) is 1. The molecule has 0 bridgehead atoms. The third-order valence-corrected chi connectivity index (χ3v) is 2.99. The Morgan fingerprint density at radius 1 is 1.12 bits per heavy atom. The fourth-order valence-electron chi connectivity index (χ4n) is 2.06. The first-order valence-corrected chi connectivity index (χ1v) is 5.49. The Bertz CT molecular complexity index is 623. The van der Waals surface area contributed by atoms with E-state index in [1.807, 2.05) is 60.3 Å². The van der Waals surface area contributed by atoms with Gasteiger partial charge in [-0.25, -0.2) is 0 Å². The van der Waals surface area contributed by atoms with Crippen LogP contribution < -0.4 is 5.32 Å². The molecule has 0 fully saturated rings. The van der Waals surface area contributed by atoms with Crippen LogP contribution in [0.15, 0.2) is 42.6 Å². The van der Waals surface area contributed by atoms with E-state index in [4.69, 9.17) is 0 Å². The van der Waals surface area contributed by atoms with Crippen LogP contribution in [0.2, 0.25) is 0 Å². The number of carbonyl (C=O) groups is 1.